The number of ether oxygens (including phenoxy) is 1. The number of carbonyl (C=O) groups is 2. The summed E-state index contributed by atoms with van der Waals surface area (Å²) in [6, 6.07) is 7.17. The largest absolute Gasteiger partial charge is 0.467 e. The third-order valence-corrected chi connectivity index (χ3v) is 3.59. The second kappa shape index (κ2) is 6.61. The molecule has 114 valence electrons. The highest BCUT2D eigenvalue weighted by Gasteiger charge is 2.35. The number of nitrogens with zero attached hydrogens (tertiary/aromatic N) is 1. The Hall–Kier alpha value is -2.04. The Balaban J connectivity index is 2.25. The molecule has 1 aliphatic heterocycles. The molecule has 0 radical (unpaired) electrons. The highest BCUT2D eigenvalue weighted by Crippen LogP contribution is 2.24. The van der Waals surface area contributed by atoms with Gasteiger partial charge >= 0.3 is 5.97 Å². The Bertz CT molecular complexity index is 528. The van der Waals surface area contributed by atoms with Crippen LogP contribution >= 0.6 is 0 Å². The lowest BCUT2D eigenvalue weighted by atomic mass is 10.1. The normalized spacial score (nSPS) is 17.9. The molecule has 1 atom stereocenters. The molecule has 0 aliphatic carbocycles. The Labute approximate surface area is 125 Å². The molecule has 5 nitrogen and oxygen atoms in total. The molecule has 1 aliphatic rings. The number of likely N-dealkylation sites (tertiary alicyclic amines) is 1. The summed E-state index contributed by atoms with van der Waals surface area (Å²) in [5.41, 5.74) is 1.40. The highest BCUT2D eigenvalue weighted by molar-refractivity contribution is 6.01. The fourth-order valence-electron chi connectivity index (χ4n) is 2.65. The molecule has 1 aromatic carbocycles. The van der Waals surface area contributed by atoms with E-state index in [0.29, 0.717) is 18.5 Å². The average molecular weight is 290 g/mol. The number of para-hydroxylation sites is 1. The molecule has 1 unspecified atom stereocenters. The summed E-state index contributed by atoms with van der Waals surface area (Å²) in [5.74, 6) is -0.457. The van der Waals surface area contributed by atoms with Crippen LogP contribution in [0.25, 0.3) is 0 Å². The van der Waals surface area contributed by atoms with E-state index in [1.54, 1.807) is 11.0 Å². The number of benzene rings is 1. The van der Waals surface area contributed by atoms with Crippen LogP contribution < -0.4 is 5.32 Å². The van der Waals surface area contributed by atoms with Crippen molar-refractivity contribution in [1.29, 1.82) is 0 Å². The molecular weight excluding hydrogens is 268 g/mol. The van der Waals surface area contributed by atoms with Gasteiger partial charge in [0, 0.05) is 18.3 Å². The standard InChI is InChI=1S/C16H22N2O3/c1-11(2)17-13-8-5-4-7-12(13)15(19)18-10-6-9-14(18)16(20)21-3/h4-5,7-8,11,14,17H,6,9-10H2,1-3H3. The van der Waals surface area contributed by atoms with Crippen LogP contribution in [0.4, 0.5) is 5.69 Å². The number of hydrogen-bond acceptors (Lipinski definition) is 4. The van der Waals surface area contributed by atoms with Gasteiger partial charge in [0.15, 0.2) is 0 Å². The fraction of sp³-hybridized carbons (Fsp3) is 0.500. The number of amides is 1. The maximum atomic E-state index is 12.8. The molecule has 1 N–H and O–H groups in total. The number of nitrogens with one attached hydrogen (secondary N) is 1. The van der Waals surface area contributed by atoms with E-state index in [4.69, 9.17) is 4.74 Å². The Morgan fingerprint density at radius 1 is 1.33 bits per heavy atom. The van der Waals surface area contributed by atoms with Crippen LogP contribution in [-0.2, 0) is 9.53 Å². The van der Waals surface area contributed by atoms with Crippen molar-refractivity contribution in [1.82, 2.24) is 4.90 Å². The van der Waals surface area contributed by atoms with Gasteiger partial charge in [0.25, 0.3) is 5.91 Å². The van der Waals surface area contributed by atoms with E-state index < -0.39 is 6.04 Å². The number of anilines is 1. The van der Waals surface area contributed by atoms with Gasteiger partial charge in [0.2, 0.25) is 0 Å². The molecule has 0 spiro atoms. The minimum absolute atomic E-state index is 0.119. The molecule has 0 aromatic heterocycles. The summed E-state index contributed by atoms with van der Waals surface area (Å²) in [6.45, 7) is 4.64. The number of hydrogen-bond donors (Lipinski definition) is 1. The zero-order valence-corrected chi connectivity index (χ0v) is 12.8. The van der Waals surface area contributed by atoms with E-state index in [1.807, 2.05) is 32.0 Å². The summed E-state index contributed by atoms with van der Waals surface area (Å²) in [7, 11) is 1.36. The van der Waals surface area contributed by atoms with Gasteiger partial charge in [-0.2, -0.15) is 0 Å². The second-order valence-electron chi connectivity index (χ2n) is 5.52. The van der Waals surface area contributed by atoms with Crippen LogP contribution in [0.5, 0.6) is 0 Å². The predicted octanol–water partition coefficient (Wildman–Crippen LogP) is 2.28. The van der Waals surface area contributed by atoms with Crippen LogP contribution in [0.3, 0.4) is 0 Å². The Morgan fingerprint density at radius 3 is 2.71 bits per heavy atom. The fourth-order valence-corrected chi connectivity index (χ4v) is 2.65. The minimum Gasteiger partial charge on any atom is -0.467 e. The van der Waals surface area contributed by atoms with Crippen LogP contribution in [0.1, 0.15) is 37.0 Å². The topological polar surface area (TPSA) is 58.6 Å². The summed E-state index contributed by atoms with van der Waals surface area (Å²) in [4.78, 5) is 26.2. The van der Waals surface area contributed by atoms with E-state index in [9.17, 15) is 9.59 Å². The van der Waals surface area contributed by atoms with Gasteiger partial charge in [-0.05, 0) is 38.8 Å². The molecule has 1 amide bonds. The number of carbonyl (C=O) groups excluding carboxylic acids is 2. The zero-order valence-electron chi connectivity index (χ0n) is 12.8. The molecule has 21 heavy (non-hydrogen) atoms. The predicted molar refractivity (Wildman–Crippen MR) is 81.3 cm³/mol. The summed E-state index contributed by atoms with van der Waals surface area (Å²) in [6.07, 6.45) is 1.49. The Kier molecular flexibility index (Phi) is 4.83. The quantitative estimate of drug-likeness (QED) is 0.864. The first-order valence-electron chi connectivity index (χ1n) is 7.29. The van der Waals surface area contributed by atoms with Gasteiger partial charge in [0.05, 0.1) is 12.7 Å². The van der Waals surface area contributed by atoms with Gasteiger partial charge < -0.3 is 15.0 Å². The molecule has 1 saturated heterocycles. The number of rotatable bonds is 4. The van der Waals surface area contributed by atoms with E-state index in [0.717, 1.165) is 12.1 Å². The van der Waals surface area contributed by atoms with Crippen molar-refractivity contribution in [2.45, 2.75) is 38.8 Å². The van der Waals surface area contributed by atoms with Crippen molar-refractivity contribution in [3.05, 3.63) is 29.8 Å². The zero-order chi connectivity index (χ0) is 15.4. The maximum Gasteiger partial charge on any atom is 0.328 e. The smallest absolute Gasteiger partial charge is 0.328 e. The highest BCUT2D eigenvalue weighted by atomic mass is 16.5. The van der Waals surface area contributed by atoms with Crippen molar-refractivity contribution >= 4 is 17.6 Å². The average Bonchev–Trinajstić information content (AvgIpc) is 2.95. The molecule has 1 fully saturated rings. The van der Waals surface area contributed by atoms with Crippen molar-refractivity contribution in [2.75, 3.05) is 19.0 Å². The first kappa shape index (κ1) is 15.4. The summed E-state index contributed by atoms with van der Waals surface area (Å²) in [5, 5.41) is 3.27. The van der Waals surface area contributed by atoms with Gasteiger partial charge in [-0.15, -0.1) is 0 Å². The van der Waals surface area contributed by atoms with Crippen molar-refractivity contribution in [3.8, 4) is 0 Å². The lowest BCUT2D eigenvalue weighted by molar-refractivity contribution is -0.145. The van der Waals surface area contributed by atoms with Crippen molar-refractivity contribution in [2.24, 2.45) is 0 Å². The lowest BCUT2D eigenvalue weighted by Crippen LogP contribution is -2.41. The van der Waals surface area contributed by atoms with Crippen LogP contribution in [0.2, 0.25) is 0 Å². The van der Waals surface area contributed by atoms with E-state index in [2.05, 4.69) is 5.32 Å². The Morgan fingerprint density at radius 2 is 2.05 bits per heavy atom. The minimum atomic E-state index is -0.463. The van der Waals surface area contributed by atoms with Crippen LogP contribution in [-0.4, -0.2) is 42.5 Å². The van der Waals surface area contributed by atoms with Crippen LogP contribution in [0, 0.1) is 0 Å². The van der Waals surface area contributed by atoms with Gasteiger partial charge in [0.1, 0.15) is 6.04 Å². The molecular formula is C16H22N2O3. The van der Waals surface area contributed by atoms with E-state index >= 15 is 0 Å². The number of esters is 1. The maximum absolute atomic E-state index is 12.8. The third kappa shape index (κ3) is 3.35. The monoisotopic (exact) mass is 290 g/mol. The van der Waals surface area contributed by atoms with E-state index in [-0.39, 0.29) is 17.9 Å². The summed E-state index contributed by atoms with van der Waals surface area (Å²) >= 11 is 0. The molecule has 1 heterocycles. The molecule has 0 saturated carbocycles. The second-order valence-corrected chi connectivity index (χ2v) is 5.52. The SMILES string of the molecule is COC(=O)C1CCCN1C(=O)c1ccccc1NC(C)C. The molecule has 1 aromatic rings. The molecule has 5 heteroatoms. The van der Waals surface area contributed by atoms with Crippen molar-refractivity contribution < 1.29 is 14.3 Å². The first-order valence-corrected chi connectivity index (χ1v) is 7.29. The summed E-state index contributed by atoms with van der Waals surface area (Å²) < 4.78 is 4.80. The first-order chi connectivity index (χ1) is 10.0. The number of methoxy groups -OCH3 is 1. The third-order valence-electron chi connectivity index (χ3n) is 3.59. The van der Waals surface area contributed by atoms with Gasteiger partial charge in [-0.3, -0.25) is 4.79 Å². The van der Waals surface area contributed by atoms with Crippen LogP contribution in [0.15, 0.2) is 24.3 Å². The van der Waals surface area contributed by atoms with Crippen molar-refractivity contribution in [3.63, 3.8) is 0 Å². The molecule has 2 rings (SSSR count). The lowest BCUT2D eigenvalue weighted by Gasteiger charge is -2.24. The van der Waals surface area contributed by atoms with Gasteiger partial charge in [-0.1, -0.05) is 12.1 Å². The van der Waals surface area contributed by atoms with Gasteiger partial charge in [-0.25, -0.2) is 4.79 Å². The molecule has 0 bridgehead atoms. The van der Waals surface area contributed by atoms with E-state index in [1.165, 1.54) is 7.11 Å².